The molecule has 2 aromatic carbocycles. The molecule has 0 bridgehead atoms. The Hall–Kier alpha value is -2.82. The summed E-state index contributed by atoms with van der Waals surface area (Å²) in [4.78, 5) is 24.0. The smallest absolute Gasteiger partial charge is 0.255 e. The van der Waals surface area contributed by atoms with Crippen LogP contribution in [0.1, 0.15) is 40.1 Å². The highest BCUT2D eigenvalue weighted by Gasteiger charge is 2.25. The second-order valence-electron chi connectivity index (χ2n) is 5.89. The second kappa shape index (κ2) is 6.35. The summed E-state index contributed by atoms with van der Waals surface area (Å²) in [6, 6.07) is 10.4. The van der Waals surface area contributed by atoms with E-state index in [0.29, 0.717) is 28.3 Å². The molecular weight excluding hydrogens is 306 g/mol. The van der Waals surface area contributed by atoms with Gasteiger partial charge in [-0.05, 0) is 38.1 Å². The molecule has 1 aliphatic rings. The first kappa shape index (κ1) is 16.1. The number of anilines is 1. The molecule has 1 amide bonds. The molecule has 0 radical (unpaired) electrons. The Bertz CT molecular complexity index is 813. The van der Waals surface area contributed by atoms with Crippen molar-refractivity contribution in [3.8, 4) is 11.5 Å². The number of amides is 1. The van der Waals surface area contributed by atoms with Crippen molar-refractivity contribution >= 4 is 17.4 Å². The number of benzene rings is 2. The van der Waals surface area contributed by atoms with Gasteiger partial charge in [-0.3, -0.25) is 9.59 Å². The van der Waals surface area contributed by atoms with Crippen molar-refractivity contribution in [2.24, 2.45) is 0 Å². The second-order valence-corrected chi connectivity index (χ2v) is 5.89. The third-order valence-corrected chi connectivity index (χ3v) is 3.97. The lowest BCUT2D eigenvalue weighted by atomic mass is 10.1. The monoisotopic (exact) mass is 325 g/mol. The Labute approximate surface area is 140 Å². The van der Waals surface area contributed by atoms with E-state index in [0.717, 1.165) is 12.0 Å². The number of carbonyl (C=O) groups excluding carboxylic acids is 2. The summed E-state index contributed by atoms with van der Waals surface area (Å²) in [5.41, 5.74) is 2.60. The molecule has 3 rings (SSSR count). The van der Waals surface area contributed by atoms with Crippen molar-refractivity contribution in [2.75, 3.05) is 12.4 Å². The van der Waals surface area contributed by atoms with Crippen LogP contribution in [-0.2, 0) is 6.42 Å². The average molecular weight is 325 g/mol. The lowest BCUT2D eigenvalue weighted by Crippen LogP contribution is -2.12. The highest BCUT2D eigenvalue weighted by atomic mass is 16.5. The summed E-state index contributed by atoms with van der Waals surface area (Å²) < 4.78 is 11.1. The predicted octanol–water partition coefficient (Wildman–Crippen LogP) is 3.47. The minimum atomic E-state index is -0.253. The number of rotatable bonds is 4. The number of fused-ring (bicyclic) bond motifs is 1. The van der Waals surface area contributed by atoms with E-state index in [-0.39, 0.29) is 17.8 Å². The van der Waals surface area contributed by atoms with E-state index in [1.54, 1.807) is 37.4 Å². The average Bonchev–Trinajstić information content (AvgIpc) is 2.94. The van der Waals surface area contributed by atoms with Crippen molar-refractivity contribution in [1.82, 2.24) is 0 Å². The Morgan fingerprint density at radius 3 is 2.71 bits per heavy atom. The number of ketones is 1. The zero-order valence-corrected chi connectivity index (χ0v) is 13.9. The van der Waals surface area contributed by atoms with Gasteiger partial charge < -0.3 is 14.8 Å². The molecule has 0 aliphatic carbocycles. The van der Waals surface area contributed by atoms with Crippen LogP contribution >= 0.6 is 0 Å². The van der Waals surface area contributed by atoms with Gasteiger partial charge >= 0.3 is 0 Å². The highest BCUT2D eigenvalue weighted by Crippen LogP contribution is 2.39. The first-order valence-corrected chi connectivity index (χ1v) is 7.78. The van der Waals surface area contributed by atoms with E-state index in [1.807, 2.05) is 13.0 Å². The minimum absolute atomic E-state index is 0.0450. The maximum Gasteiger partial charge on any atom is 0.255 e. The lowest BCUT2D eigenvalue weighted by molar-refractivity contribution is 0.101. The van der Waals surface area contributed by atoms with Crippen LogP contribution in [0.25, 0.3) is 0 Å². The van der Waals surface area contributed by atoms with E-state index in [1.165, 1.54) is 6.92 Å². The Morgan fingerprint density at radius 2 is 2.00 bits per heavy atom. The van der Waals surface area contributed by atoms with E-state index in [9.17, 15) is 9.59 Å². The van der Waals surface area contributed by atoms with E-state index in [4.69, 9.17) is 9.47 Å². The molecule has 24 heavy (non-hydrogen) atoms. The van der Waals surface area contributed by atoms with Crippen LogP contribution < -0.4 is 14.8 Å². The molecule has 1 unspecified atom stereocenters. The fourth-order valence-corrected chi connectivity index (χ4v) is 2.80. The zero-order chi connectivity index (χ0) is 17.3. The molecule has 1 aliphatic heterocycles. The number of carbonyl (C=O) groups is 2. The van der Waals surface area contributed by atoms with Gasteiger partial charge in [0.05, 0.1) is 7.11 Å². The molecule has 1 heterocycles. The number of hydrogen-bond acceptors (Lipinski definition) is 4. The van der Waals surface area contributed by atoms with Gasteiger partial charge in [-0.1, -0.05) is 12.1 Å². The van der Waals surface area contributed by atoms with Crippen LogP contribution in [0.3, 0.4) is 0 Å². The maximum atomic E-state index is 12.6. The van der Waals surface area contributed by atoms with Gasteiger partial charge in [0.2, 0.25) is 0 Å². The molecule has 0 aromatic heterocycles. The third-order valence-electron chi connectivity index (χ3n) is 3.97. The number of hydrogen-bond donors (Lipinski definition) is 1. The first-order chi connectivity index (χ1) is 11.5. The van der Waals surface area contributed by atoms with E-state index in [2.05, 4.69) is 5.32 Å². The SMILES string of the molecule is COc1cc(C(=O)Nc2cccc(C(C)=O)c2)cc2c1OC(C)C2. The molecular formula is C19H19NO4. The Morgan fingerprint density at radius 1 is 1.21 bits per heavy atom. The first-order valence-electron chi connectivity index (χ1n) is 7.78. The molecule has 0 saturated heterocycles. The molecule has 0 saturated carbocycles. The predicted molar refractivity (Wildman–Crippen MR) is 91.2 cm³/mol. The molecule has 2 aromatic rings. The van der Waals surface area contributed by atoms with Crippen LogP contribution in [0, 0.1) is 0 Å². The van der Waals surface area contributed by atoms with Gasteiger partial charge in [-0.25, -0.2) is 0 Å². The van der Waals surface area contributed by atoms with Crippen LogP contribution in [0.15, 0.2) is 36.4 Å². The summed E-state index contributed by atoms with van der Waals surface area (Å²) in [6.07, 6.45) is 0.812. The number of ether oxygens (including phenoxy) is 2. The van der Waals surface area contributed by atoms with Crippen LogP contribution in [-0.4, -0.2) is 24.9 Å². The van der Waals surface area contributed by atoms with Gasteiger partial charge in [0, 0.05) is 28.8 Å². The topological polar surface area (TPSA) is 64.6 Å². The van der Waals surface area contributed by atoms with Gasteiger partial charge in [0.15, 0.2) is 17.3 Å². The van der Waals surface area contributed by atoms with Crippen molar-refractivity contribution in [3.05, 3.63) is 53.1 Å². The summed E-state index contributed by atoms with van der Waals surface area (Å²) in [7, 11) is 1.56. The molecule has 5 heteroatoms. The quantitative estimate of drug-likeness (QED) is 0.874. The minimum Gasteiger partial charge on any atom is -0.493 e. The fraction of sp³-hybridized carbons (Fsp3) is 0.263. The largest absolute Gasteiger partial charge is 0.493 e. The number of Topliss-reactive ketones (excluding diaryl/α,β-unsaturated/α-hetero) is 1. The van der Waals surface area contributed by atoms with Gasteiger partial charge in [-0.2, -0.15) is 0 Å². The summed E-state index contributed by atoms with van der Waals surface area (Å²) in [5.74, 6) is 0.965. The van der Waals surface area contributed by atoms with Crippen molar-refractivity contribution in [3.63, 3.8) is 0 Å². The van der Waals surface area contributed by atoms with Crippen molar-refractivity contribution < 1.29 is 19.1 Å². The molecule has 124 valence electrons. The molecule has 0 fully saturated rings. The lowest BCUT2D eigenvalue weighted by Gasteiger charge is -2.11. The molecule has 0 spiro atoms. The zero-order valence-electron chi connectivity index (χ0n) is 13.9. The summed E-state index contributed by atoms with van der Waals surface area (Å²) in [5, 5.41) is 2.82. The van der Waals surface area contributed by atoms with Crippen molar-refractivity contribution in [1.29, 1.82) is 0 Å². The maximum absolute atomic E-state index is 12.6. The molecule has 1 atom stereocenters. The Balaban J connectivity index is 1.87. The summed E-state index contributed by atoms with van der Waals surface area (Å²) >= 11 is 0. The third kappa shape index (κ3) is 3.11. The van der Waals surface area contributed by atoms with E-state index < -0.39 is 0 Å². The highest BCUT2D eigenvalue weighted by molar-refractivity contribution is 6.05. The summed E-state index contributed by atoms with van der Waals surface area (Å²) in [6.45, 7) is 3.47. The molecule has 5 nitrogen and oxygen atoms in total. The van der Waals surface area contributed by atoms with Crippen molar-refractivity contribution in [2.45, 2.75) is 26.4 Å². The number of nitrogens with one attached hydrogen (secondary N) is 1. The van der Waals surface area contributed by atoms with E-state index >= 15 is 0 Å². The Kier molecular flexibility index (Phi) is 4.25. The standard InChI is InChI=1S/C19H19NO4/c1-11-7-14-8-15(10-17(23-3)18(14)24-11)19(22)20-16-6-4-5-13(9-16)12(2)21/h4-6,8-11H,7H2,1-3H3,(H,20,22). The normalized spacial score (nSPS) is 15.4. The van der Waals surface area contributed by atoms with Crippen LogP contribution in [0.2, 0.25) is 0 Å². The van der Waals surface area contributed by atoms with Gasteiger partial charge in [-0.15, -0.1) is 0 Å². The van der Waals surface area contributed by atoms with Gasteiger partial charge in [0.1, 0.15) is 6.10 Å². The number of methoxy groups -OCH3 is 1. The van der Waals surface area contributed by atoms with Crippen LogP contribution in [0.4, 0.5) is 5.69 Å². The van der Waals surface area contributed by atoms with Crippen LogP contribution in [0.5, 0.6) is 11.5 Å². The fourth-order valence-electron chi connectivity index (χ4n) is 2.80. The van der Waals surface area contributed by atoms with Gasteiger partial charge in [0.25, 0.3) is 5.91 Å². The molecule has 1 N–H and O–H groups in total.